The number of anilines is 2. The van der Waals surface area contributed by atoms with Crippen molar-refractivity contribution < 1.29 is 17.9 Å². The van der Waals surface area contributed by atoms with Crippen LogP contribution in [0.25, 0.3) is 0 Å². The zero-order valence-electron chi connectivity index (χ0n) is 14.0. The van der Waals surface area contributed by atoms with Gasteiger partial charge >= 0.3 is 0 Å². The summed E-state index contributed by atoms with van der Waals surface area (Å²) in [6.45, 7) is 2.15. The van der Waals surface area contributed by atoms with Gasteiger partial charge in [-0.05, 0) is 30.7 Å². The lowest BCUT2D eigenvalue weighted by molar-refractivity contribution is 0.171. The minimum Gasteiger partial charge on any atom is -0.486 e. The minimum absolute atomic E-state index is 0.219. The van der Waals surface area contributed by atoms with Crippen molar-refractivity contribution in [3.63, 3.8) is 0 Å². The SMILES string of the molecule is CN1CCCN(S(=O)(=O)c2ccc3c(c2)OCCO3)c2ccccc21. The van der Waals surface area contributed by atoms with Crippen LogP contribution in [0.4, 0.5) is 11.4 Å². The molecular formula is C18H20N2O4S. The van der Waals surface area contributed by atoms with Crippen molar-refractivity contribution in [1.29, 1.82) is 0 Å². The van der Waals surface area contributed by atoms with Gasteiger partial charge in [0.15, 0.2) is 11.5 Å². The largest absolute Gasteiger partial charge is 0.486 e. The second kappa shape index (κ2) is 6.15. The molecule has 2 aliphatic heterocycles. The Labute approximate surface area is 147 Å². The van der Waals surface area contributed by atoms with E-state index in [2.05, 4.69) is 4.90 Å². The topological polar surface area (TPSA) is 59.1 Å². The van der Waals surface area contributed by atoms with Gasteiger partial charge in [0.25, 0.3) is 10.0 Å². The van der Waals surface area contributed by atoms with Gasteiger partial charge < -0.3 is 14.4 Å². The Morgan fingerprint density at radius 3 is 2.44 bits per heavy atom. The summed E-state index contributed by atoms with van der Waals surface area (Å²) in [5.41, 5.74) is 1.62. The molecule has 0 aromatic heterocycles. The number of para-hydroxylation sites is 2. The predicted molar refractivity (Wildman–Crippen MR) is 96.3 cm³/mol. The third-order valence-electron chi connectivity index (χ3n) is 4.52. The first-order valence-electron chi connectivity index (χ1n) is 8.30. The highest BCUT2D eigenvalue weighted by molar-refractivity contribution is 7.92. The van der Waals surface area contributed by atoms with Gasteiger partial charge in [-0.3, -0.25) is 4.31 Å². The van der Waals surface area contributed by atoms with E-state index in [1.807, 2.05) is 31.3 Å². The fourth-order valence-corrected chi connectivity index (χ4v) is 4.78. The monoisotopic (exact) mass is 360 g/mol. The third-order valence-corrected chi connectivity index (χ3v) is 6.33. The fraction of sp³-hybridized carbons (Fsp3) is 0.333. The number of ether oxygens (including phenoxy) is 2. The molecule has 25 heavy (non-hydrogen) atoms. The average molecular weight is 360 g/mol. The molecule has 0 aliphatic carbocycles. The van der Waals surface area contributed by atoms with Crippen LogP contribution in [0, 0.1) is 0 Å². The molecule has 0 atom stereocenters. The number of hydrogen-bond acceptors (Lipinski definition) is 5. The Balaban J connectivity index is 1.79. The van der Waals surface area contributed by atoms with Crippen molar-refractivity contribution in [2.24, 2.45) is 0 Å². The summed E-state index contributed by atoms with van der Waals surface area (Å²) in [5, 5.41) is 0. The molecule has 0 unspecified atom stereocenters. The summed E-state index contributed by atoms with van der Waals surface area (Å²) in [7, 11) is -1.70. The summed E-state index contributed by atoms with van der Waals surface area (Å²) in [4.78, 5) is 2.31. The van der Waals surface area contributed by atoms with Crippen LogP contribution in [0.1, 0.15) is 6.42 Å². The van der Waals surface area contributed by atoms with Crippen LogP contribution in [0.2, 0.25) is 0 Å². The van der Waals surface area contributed by atoms with E-state index in [0.29, 0.717) is 36.9 Å². The molecule has 0 saturated carbocycles. The van der Waals surface area contributed by atoms with E-state index < -0.39 is 10.0 Å². The van der Waals surface area contributed by atoms with Crippen molar-refractivity contribution in [2.45, 2.75) is 11.3 Å². The molecule has 0 saturated heterocycles. The first-order chi connectivity index (χ1) is 12.1. The smallest absolute Gasteiger partial charge is 0.264 e. The Bertz CT molecular complexity index is 898. The van der Waals surface area contributed by atoms with Gasteiger partial charge in [-0.25, -0.2) is 8.42 Å². The Morgan fingerprint density at radius 1 is 0.920 bits per heavy atom. The highest BCUT2D eigenvalue weighted by Crippen LogP contribution is 2.37. The molecule has 2 aromatic carbocycles. The predicted octanol–water partition coefficient (Wildman–Crippen LogP) is 2.49. The molecule has 6 nitrogen and oxygen atoms in total. The van der Waals surface area contributed by atoms with Gasteiger partial charge in [-0.15, -0.1) is 0 Å². The van der Waals surface area contributed by atoms with E-state index in [0.717, 1.165) is 18.7 Å². The number of benzene rings is 2. The van der Waals surface area contributed by atoms with Crippen molar-refractivity contribution in [3.8, 4) is 11.5 Å². The summed E-state index contributed by atoms with van der Waals surface area (Å²) in [6, 6.07) is 12.4. The van der Waals surface area contributed by atoms with E-state index in [1.165, 1.54) is 4.31 Å². The molecule has 0 N–H and O–H groups in total. The second-order valence-electron chi connectivity index (χ2n) is 6.15. The van der Waals surface area contributed by atoms with Gasteiger partial charge in [0.05, 0.1) is 16.3 Å². The van der Waals surface area contributed by atoms with Crippen LogP contribution in [0.5, 0.6) is 11.5 Å². The van der Waals surface area contributed by atoms with Crippen molar-refractivity contribution in [2.75, 3.05) is 42.6 Å². The summed E-state index contributed by atoms with van der Waals surface area (Å²) in [5.74, 6) is 1.06. The van der Waals surface area contributed by atoms with Gasteiger partial charge in [0.1, 0.15) is 13.2 Å². The average Bonchev–Trinajstić information content (AvgIpc) is 2.81. The summed E-state index contributed by atoms with van der Waals surface area (Å²) < 4.78 is 39.1. The summed E-state index contributed by atoms with van der Waals surface area (Å²) >= 11 is 0. The van der Waals surface area contributed by atoms with E-state index in [-0.39, 0.29) is 4.90 Å². The Kier molecular flexibility index (Phi) is 3.95. The molecule has 2 aliphatic rings. The number of rotatable bonds is 2. The minimum atomic E-state index is -3.68. The maximum atomic E-state index is 13.3. The van der Waals surface area contributed by atoms with Gasteiger partial charge in [0.2, 0.25) is 0 Å². The molecule has 0 spiro atoms. The van der Waals surface area contributed by atoms with Gasteiger partial charge in [-0.2, -0.15) is 0 Å². The molecule has 2 aromatic rings. The first-order valence-corrected chi connectivity index (χ1v) is 9.74. The highest BCUT2D eigenvalue weighted by Gasteiger charge is 2.30. The van der Waals surface area contributed by atoms with Crippen molar-refractivity contribution in [3.05, 3.63) is 42.5 Å². The summed E-state index contributed by atoms with van der Waals surface area (Å²) in [6.07, 6.45) is 0.759. The quantitative estimate of drug-likeness (QED) is 0.824. The number of sulfonamides is 1. The molecule has 132 valence electrons. The third kappa shape index (κ3) is 2.78. The maximum Gasteiger partial charge on any atom is 0.264 e. The van der Waals surface area contributed by atoms with E-state index in [9.17, 15) is 8.42 Å². The van der Waals surface area contributed by atoms with Crippen LogP contribution in [-0.2, 0) is 10.0 Å². The lowest BCUT2D eigenvalue weighted by Crippen LogP contribution is -2.31. The van der Waals surface area contributed by atoms with Crippen LogP contribution < -0.4 is 18.7 Å². The molecule has 7 heteroatoms. The Hall–Kier alpha value is -2.41. The fourth-order valence-electron chi connectivity index (χ4n) is 3.25. The molecule has 0 amide bonds. The molecule has 4 rings (SSSR count). The normalized spacial score (nSPS) is 17.0. The van der Waals surface area contributed by atoms with Crippen molar-refractivity contribution in [1.82, 2.24) is 0 Å². The van der Waals surface area contributed by atoms with E-state index in [1.54, 1.807) is 18.2 Å². The zero-order chi connectivity index (χ0) is 17.4. The zero-order valence-corrected chi connectivity index (χ0v) is 14.8. The van der Waals surface area contributed by atoms with Crippen molar-refractivity contribution >= 4 is 21.4 Å². The molecule has 0 bridgehead atoms. The lowest BCUT2D eigenvalue weighted by atomic mass is 10.2. The molecular weight excluding hydrogens is 340 g/mol. The maximum absolute atomic E-state index is 13.3. The van der Waals surface area contributed by atoms with Crippen LogP contribution in [0.3, 0.4) is 0 Å². The first kappa shape index (κ1) is 16.1. The van der Waals surface area contributed by atoms with E-state index in [4.69, 9.17) is 9.47 Å². The van der Waals surface area contributed by atoms with Crippen LogP contribution >= 0.6 is 0 Å². The number of nitrogens with zero attached hydrogens (tertiary/aromatic N) is 2. The number of hydrogen-bond donors (Lipinski definition) is 0. The van der Waals surface area contributed by atoms with Gasteiger partial charge in [-0.1, -0.05) is 12.1 Å². The highest BCUT2D eigenvalue weighted by atomic mass is 32.2. The van der Waals surface area contributed by atoms with Gasteiger partial charge in [0, 0.05) is 26.2 Å². The van der Waals surface area contributed by atoms with Crippen LogP contribution in [-0.4, -0.2) is 41.8 Å². The number of fused-ring (bicyclic) bond motifs is 2. The molecule has 0 fully saturated rings. The molecule has 2 heterocycles. The van der Waals surface area contributed by atoms with E-state index >= 15 is 0 Å². The second-order valence-corrected chi connectivity index (χ2v) is 8.01. The van der Waals surface area contributed by atoms with Crippen LogP contribution in [0.15, 0.2) is 47.4 Å². The Morgan fingerprint density at radius 2 is 1.64 bits per heavy atom. The lowest BCUT2D eigenvalue weighted by Gasteiger charge is -2.26. The standard InChI is InChI=1S/C18H20N2O4S/c1-19-9-4-10-20(16-6-3-2-5-15(16)19)25(21,22)14-7-8-17-18(13-14)24-12-11-23-17/h2-3,5-8,13H,4,9-12H2,1H3. The molecule has 0 radical (unpaired) electrons.